The lowest BCUT2D eigenvalue weighted by atomic mass is 9.78. The number of Topliss-reactive ketones (excluding diaryl/α,β-unsaturated/α-hetero) is 1. The lowest BCUT2D eigenvalue weighted by Crippen LogP contribution is -2.47. The van der Waals surface area contributed by atoms with Crippen molar-refractivity contribution < 1.29 is 14.5 Å². The highest BCUT2D eigenvalue weighted by atomic mass is 16.6. The molecule has 0 unspecified atom stereocenters. The fraction of sp³-hybridized carbons (Fsp3) is 0.120. The molecule has 162 valence electrons. The molecule has 0 heterocycles. The molecular weight excluding hydrogens is 420 g/mol. The van der Waals surface area contributed by atoms with Crippen molar-refractivity contribution in [3.05, 3.63) is 112 Å². The maximum atomic E-state index is 13.5. The largest absolute Gasteiger partial charge is 0.341 e. The standard InChI is InChI=1S/C25H18N4O4/c26-15-20(16-27)22(17-11-13-21(14-12-17)29(32)33)23(24(30)18-7-3-1-4-8-18)28-25(31)19-9-5-2-6-10-19/h1-14,20,22-23H,(H,28,31)/t22-,23+/m0/s1. The minimum Gasteiger partial charge on any atom is -0.341 e. The van der Waals surface area contributed by atoms with Gasteiger partial charge < -0.3 is 5.32 Å². The number of nitrogens with one attached hydrogen (secondary N) is 1. The molecule has 3 aromatic carbocycles. The molecule has 0 aliphatic heterocycles. The molecule has 3 aromatic rings. The van der Waals surface area contributed by atoms with Gasteiger partial charge in [0.25, 0.3) is 11.6 Å². The number of nitrogens with zero attached hydrogens (tertiary/aromatic N) is 3. The van der Waals surface area contributed by atoms with Crippen LogP contribution >= 0.6 is 0 Å². The summed E-state index contributed by atoms with van der Waals surface area (Å²) in [5.41, 5.74) is 0.757. The Bertz CT molecular complexity index is 1220. The summed E-state index contributed by atoms with van der Waals surface area (Å²) >= 11 is 0. The van der Waals surface area contributed by atoms with Gasteiger partial charge >= 0.3 is 0 Å². The summed E-state index contributed by atoms with van der Waals surface area (Å²) in [6.45, 7) is 0. The minimum atomic E-state index is -1.31. The van der Waals surface area contributed by atoms with Crippen LogP contribution in [0.15, 0.2) is 84.9 Å². The van der Waals surface area contributed by atoms with Crippen LogP contribution in [0.2, 0.25) is 0 Å². The second-order valence-electron chi connectivity index (χ2n) is 7.16. The van der Waals surface area contributed by atoms with E-state index in [2.05, 4.69) is 5.32 Å². The lowest BCUT2D eigenvalue weighted by Gasteiger charge is -2.28. The smallest absolute Gasteiger partial charge is 0.269 e. The monoisotopic (exact) mass is 438 g/mol. The number of carbonyl (C=O) groups is 2. The highest BCUT2D eigenvalue weighted by molar-refractivity contribution is 6.05. The van der Waals surface area contributed by atoms with E-state index < -0.39 is 34.5 Å². The van der Waals surface area contributed by atoms with Crippen LogP contribution in [0.4, 0.5) is 5.69 Å². The third-order valence-corrected chi connectivity index (χ3v) is 5.15. The first-order valence-electron chi connectivity index (χ1n) is 9.95. The second-order valence-corrected chi connectivity index (χ2v) is 7.16. The number of non-ortho nitro benzene ring substituents is 1. The van der Waals surface area contributed by atoms with Gasteiger partial charge in [0, 0.05) is 29.2 Å². The van der Waals surface area contributed by atoms with Crippen LogP contribution in [0.5, 0.6) is 0 Å². The first-order chi connectivity index (χ1) is 16.0. The molecule has 0 bridgehead atoms. The number of nitro groups is 1. The number of nitro benzene ring substituents is 1. The van der Waals surface area contributed by atoms with Crippen molar-refractivity contribution in [1.29, 1.82) is 10.5 Å². The number of amides is 1. The number of rotatable bonds is 8. The first-order valence-corrected chi connectivity index (χ1v) is 9.95. The number of hydrogen-bond acceptors (Lipinski definition) is 6. The molecule has 0 aromatic heterocycles. The Morgan fingerprint density at radius 1 is 0.818 bits per heavy atom. The first kappa shape index (κ1) is 22.9. The molecule has 8 nitrogen and oxygen atoms in total. The summed E-state index contributed by atoms with van der Waals surface area (Å²) in [6.07, 6.45) is 0. The number of benzene rings is 3. The van der Waals surface area contributed by atoms with E-state index in [4.69, 9.17) is 0 Å². The summed E-state index contributed by atoms with van der Waals surface area (Å²) in [5, 5.41) is 33.0. The fourth-order valence-electron chi connectivity index (χ4n) is 3.50. The van der Waals surface area contributed by atoms with Crippen molar-refractivity contribution >= 4 is 17.4 Å². The second kappa shape index (κ2) is 10.5. The highest BCUT2D eigenvalue weighted by Gasteiger charge is 2.38. The van der Waals surface area contributed by atoms with E-state index in [0.29, 0.717) is 11.1 Å². The number of hydrogen-bond donors (Lipinski definition) is 1. The molecule has 1 N–H and O–H groups in total. The van der Waals surface area contributed by atoms with Crippen molar-refractivity contribution in [1.82, 2.24) is 5.32 Å². The molecule has 0 aliphatic carbocycles. The average Bonchev–Trinajstić information content (AvgIpc) is 2.86. The SMILES string of the molecule is N#CC(C#N)[C@H](c1ccc([N+](=O)[O-])cc1)[C@@H](NC(=O)c1ccccc1)C(=O)c1ccccc1. The molecule has 3 rings (SSSR count). The maximum absolute atomic E-state index is 13.5. The van der Waals surface area contributed by atoms with Crippen LogP contribution in [-0.4, -0.2) is 22.7 Å². The molecular formula is C25H18N4O4. The normalized spacial score (nSPS) is 12.1. The Kier molecular flexibility index (Phi) is 7.25. The maximum Gasteiger partial charge on any atom is 0.269 e. The Balaban J connectivity index is 2.11. The zero-order valence-corrected chi connectivity index (χ0v) is 17.3. The molecule has 8 heteroatoms. The average molecular weight is 438 g/mol. The molecule has 0 aliphatic rings. The molecule has 1 amide bonds. The summed E-state index contributed by atoms with van der Waals surface area (Å²) < 4.78 is 0. The van der Waals surface area contributed by atoms with Crippen molar-refractivity contribution in [2.24, 2.45) is 5.92 Å². The Hall–Kier alpha value is -4.82. The van der Waals surface area contributed by atoms with Crippen LogP contribution in [-0.2, 0) is 0 Å². The van der Waals surface area contributed by atoms with Gasteiger partial charge in [0.1, 0.15) is 12.0 Å². The predicted molar refractivity (Wildman–Crippen MR) is 119 cm³/mol. The van der Waals surface area contributed by atoms with Gasteiger partial charge in [-0.3, -0.25) is 19.7 Å². The van der Waals surface area contributed by atoms with Gasteiger partial charge in [0.05, 0.1) is 17.1 Å². The number of nitriles is 2. The van der Waals surface area contributed by atoms with Crippen molar-refractivity contribution in [3.8, 4) is 12.1 Å². The van der Waals surface area contributed by atoms with Gasteiger partial charge in [-0.2, -0.15) is 10.5 Å². The van der Waals surface area contributed by atoms with Crippen LogP contribution < -0.4 is 5.32 Å². The Labute approximate surface area is 189 Å². The molecule has 2 atom stereocenters. The van der Waals surface area contributed by atoms with Crippen LogP contribution in [0.1, 0.15) is 32.2 Å². The third-order valence-electron chi connectivity index (χ3n) is 5.15. The Morgan fingerprint density at radius 2 is 1.33 bits per heavy atom. The van der Waals surface area contributed by atoms with Crippen LogP contribution in [0, 0.1) is 38.7 Å². The minimum absolute atomic E-state index is 0.178. The van der Waals surface area contributed by atoms with E-state index >= 15 is 0 Å². The van der Waals surface area contributed by atoms with Gasteiger partial charge in [-0.05, 0) is 17.7 Å². The number of ketones is 1. The van der Waals surface area contributed by atoms with E-state index in [0.717, 1.165) is 0 Å². The van der Waals surface area contributed by atoms with Crippen molar-refractivity contribution in [2.75, 3.05) is 0 Å². The summed E-state index contributed by atoms with van der Waals surface area (Å²) in [6, 6.07) is 24.2. The summed E-state index contributed by atoms with van der Waals surface area (Å²) in [5.74, 6) is -3.41. The van der Waals surface area contributed by atoms with E-state index in [-0.39, 0.29) is 11.3 Å². The summed E-state index contributed by atoms with van der Waals surface area (Å²) in [7, 11) is 0. The zero-order chi connectivity index (χ0) is 23.8. The summed E-state index contributed by atoms with van der Waals surface area (Å²) in [4.78, 5) is 36.9. The zero-order valence-electron chi connectivity index (χ0n) is 17.3. The van der Waals surface area contributed by atoms with E-state index in [1.54, 1.807) is 60.7 Å². The predicted octanol–water partition coefficient (Wildman–Crippen LogP) is 4.02. The highest BCUT2D eigenvalue weighted by Crippen LogP contribution is 2.31. The van der Waals surface area contributed by atoms with Crippen molar-refractivity contribution in [2.45, 2.75) is 12.0 Å². The topological polar surface area (TPSA) is 137 Å². The quantitative estimate of drug-likeness (QED) is 0.320. The van der Waals surface area contributed by atoms with Gasteiger partial charge in [-0.1, -0.05) is 60.7 Å². The molecule has 0 radical (unpaired) electrons. The Morgan fingerprint density at radius 3 is 1.82 bits per heavy atom. The fourth-order valence-corrected chi connectivity index (χ4v) is 3.50. The van der Waals surface area contributed by atoms with E-state index in [9.17, 15) is 30.2 Å². The van der Waals surface area contributed by atoms with Gasteiger partial charge in [0.2, 0.25) is 0 Å². The molecule has 33 heavy (non-hydrogen) atoms. The lowest BCUT2D eigenvalue weighted by molar-refractivity contribution is -0.384. The third kappa shape index (κ3) is 5.27. The van der Waals surface area contributed by atoms with Gasteiger partial charge in [-0.25, -0.2) is 0 Å². The number of carbonyl (C=O) groups excluding carboxylic acids is 2. The van der Waals surface area contributed by atoms with Gasteiger partial charge in [-0.15, -0.1) is 0 Å². The molecule has 0 fully saturated rings. The van der Waals surface area contributed by atoms with Crippen molar-refractivity contribution in [3.63, 3.8) is 0 Å². The van der Waals surface area contributed by atoms with Crippen LogP contribution in [0.3, 0.4) is 0 Å². The van der Waals surface area contributed by atoms with Crippen LogP contribution in [0.25, 0.3) is 0 Å². The van der Waals surface area contributed by atoms with Gasteiger partial charge in [0.15, 0.2) is 5.78 Å². The molecule has 0 spiro atoms. The van der Waals surface area contributed by atoms with E-state index in [1.165, 1.54) is 24.3 Å². The molecule has 0 saturated heterocycles. The van der Waals surface area contributed by atoms with E-state index in [1.807, 2.05) is 12.1 Å². The molecule has 0 saturated carbocycles.